The van der Waals surface area contributed by atoms with E-state index >= 15 is 0 Å². The lowest BCUT2D eigenvalue weighted by Crippen LogP contribution is -2.33. The van der Waals surface area contributed by atoms with Crippen molar-refractivity contribution >= 4 is 31.9 Å². The Morgan fingerprint density at radius 3 is 2.50 bits per heavy atom. The van der Waals surface area contributed by atoms with Crippen molar-refractivity contribution in [3.63, 3.8) is 0 Å². The van der Waals surface area contributed by atoms with Gasteiger partial charge in [-0.1, -0.05) is 34.1 Å². The Kier molecular flexibility index (Phi) is 7.30. The number of ether oxygens (including phenoxy) is 1. The molecule has 0 radical (unpaired) electrons. The molecule has 0 spiro atoms. The molecule has 9 heteroatoms. The molecule has 1 aromatic heterocycles. The third-order valence-electron chi connectivity index (χ3n) is 4.37. The van der Waals surface area contributed by atoms with E-state index in [0.29, 0.717) is 11.5 Å². The van der Waals surface area contributed by atoms with Crippen molar-refractivity contribution < 1.29 is 22.4 Å². The molecule has 0 aliphatic rings. The van der Waals surface area contributed by atoms with Gasteiger partial charge in [0.05, 0.1) is 30.7 Å². The van der Waals surface area contributed by atoms with Gasteiger partial charge < -0.3 is 14.5 Å². The number of amides is 1. The second kappa shape index (κ2) is 9.92. The molecular weight excluding hydrogens is 472 g/mol. The molecule has 30 heavy (non-hydrogen) atoms. The minimum Gasteiger partial charge on any atom is -0.496 e. The van der Waals surface area contributed by atoms with Crippen LogP contribution in [0.1, 0.15) is 23.8 Å². The molecule has 0 saturated carbocycles. The summed E-state index contributed by atoms with van der Waals surface area (Å²) < 4.78 is 39.5. The lowest BCUT2D eigenvalue weighted by molar-refractivity contribution is -0.121. The van der Waals surface area contributed by atoms with E-state index in [4.69, 9.17) is 9.15 Å². The Morgan fingerprint density at radius 1 is 1.10 bits per heavy atom. The lowest BCUT2D eigenvalue weighted by Gasteiger charge is -2.17. The number of para-hydroxylation sites is 1. The van der Waals surface area contributed by atoms with Crippen molar-refractivity contribution in [2.45, 2.75) is 23.9 Å². The molecule has 2 N–H and O–H groups in total. The predicted molar refractivity (Wildman–Crippen MR) is 115 cm³/mol. The fraction of sp³-hybridized carbons (Fsp3) is 0.190. The number of hydrogen-bond acceptors (Lipinski definition) is 5. The molecular formula is C21H21BrN2O5S. The number of halogens is 1. The highest BCUT2D eigenvalue weighted by molar-refractivity contribution is 9.10. The van der Waals surface area contributed by atoms with Gasteiger partial charge in [0.15, 0.2) is 0 Å². The summed E-state index contributed by atoms with van der Waals surface area (Å²) in [6.07, 6.45) is 1.31. The van der Waals surface area contributed by atoms with E-state index in [2.05, 4.69) is 26.0 Å². The summed E-state index contributed by atoms with van der Waals surface area (Å²) in [5.41, 5.74) is 0.818. The van der Waals surface area contributed by atoms with Crippen molar-refractivity contribution in [3.05, 3.63) is 82.7 Å². The number of furan rings is 1. The minimum atomic E-state index is -3.86. The van der Waals surface area contributed by atoms with Gasteiger partial charge in [0.1, 0.15) is 11.5 Å². The maximum Gasteiger partial charge on any atom is 0.241 e. The summed E-state index contributed by atoms with van der Waals surface area (Å²) in [7, 11) is -2.30. The Bertz CT molecular complexity index is 1080. The number of carbonyl (C=O) groups is 1. The Hall–Kier alpha value is -2.62. The molecule has 0 unspecified atom stereocenters. The zero-order chi connectivity index (χ0) is 21.6. The van der Waals surface area contributed by atoms with Crippen LogP contribution in [-0.2, 0) is 21.4 Å². The smallest absolute Gasteiger partial charge is 0.241 e. The van der Waals surface area contributed by atoms with Crippen LogP contribution in [-0.4, -0.2) is 21.4 Å². The van der Waals surface area contributed by atoms with E-state index in [-0.39, 0.29) is 23.8 Å². The van der Waals surface area contributed by atoms with Gasteiger partial charge in [0.2, 0.25) is 15.9 Å². The Balaban J connectivity index is 1.71. The number of hydrogen-bond donors (Lipinski definition) is 2. The van der Waals surface area contributed by atoms with Crippen LogP contribution < -0.4 is 14.8 Å². The number of rotatable bonds is 9. The van der Waals surface area contributed by atoms with E-state index < -0.39 is 16.1 Å². The first-order valence-corrected chi connectivity index (χ1v) is 11.4. The Labute approximate surface area is 183 Å². The first-order valence-electron chi connectivity index (χ1n) is 9.09. The van der Waals surface area contributed by atoms with E-state index in [0.717, 1.165) is 10.0 Å². The van der Waals surface area contributed by atoms with Crippen molar-refractivity contribution in [1.82, 2.24) is 10.0 Å². The SMILES string of the molecule is COc1ccccc1CNC(=O)C[C@H](NS(=O)(=O)c1ccc(Br)cc1)c1ccco1. The fourth-order valence-electron chi connectivity index (χ4n) is 2.86. The highest BCUT2D eigenvalue weighted by Gasteiger charge is 2.25. The third-order valence-corrected chi connectivity index (χ3v) is 6.38. The maximum atomic E-state index is 12.8. The normalized spacial score (nSPS) is 12.3. The minimum absolute atomic E-state index is 0.0942. The van der Waals surface area contributed by atoms with Gasteiger partial charge in [-0.15, -0.1) is 0 Å². The quantitative estimate of drug-likeness (QED) is 0.473. The van der Waals surface area contributed by atoms with Crippen LogP contribution >= 0.6 is 15.9 Å². The van der Waals surface area contributed by atoms with Crippen LogP contribution in [0, 0.1) is 0 Å². The average molecular weight is 493 g/mol. The summed E-state index contributed by atoms with van der Waals surface area (Å²) in [4.78, 5) is 12.6. The number of carbonyl (C=O) groups excluding carboxylic acids is 1. The molecule has 7 nitrogen and oxygen atoms in total. The number of nitrogens with one attached hydrogen (secondary N) is 2. The molecule has 0 aliphatic carbocycles. The standard InChI is InChI=1S/C21H21BrN2O5S/c1-28-19-6-3-2-5-15(19)14-23-21(25)13-18(20-7-4-12-29-20)24-30(26,27)17-10-8-16(22)9-11-17/h2-12,18,24H,13-14H2,1H3,(H,23,25)/t18-/m0/s1. The molecule has 158 valence electrons. The summed E-state index contributed by atoms with van der Waals surface area (Å²) >= 11 is 3.28. The first-order chi connectivity index (χ1) is 14.4. The van der Waals surface area contributed by atoms with E-state index in [1.807, 2.05) is 18.2 Å². The molecule has 3 aromatic rings. The van der Waals surface area contributed by atoms with E-state index in [1.54, 1.807) is 37.4 Å². The molecule has 1 heterocycles. The second-order valence-corrected chi connectivity index (χ2v) is 9.07. The largest absolute Gasteiger partial charge is 0.496 e. The fourth-order valence-corrected chi connectivity index (χ4v) is 4.33. The summed E-state index contributed by atoms with van der Waals surface area (Å²) in [5, 5.41) is 2.80. The highest BCUT2D eigenvalue weighted by atomic mass is 79.9. The van der Waals surface area contributed by atoms with Gasteiger partial charge >= 0.3 is 0 Å². The van der Waals surface area contributed by atoms with Crippen molar-refractivity contribution in [2.75, 3.05) is 7.11 Å². The van der Waals surface area contributed by atoms with Crippen molar-refractivity contribution in [1.29, 1.82) is 0 Å². The Morgan fingerprint density at radius 2 is 1.83 bits per heavy atom. The van der Waals surface area contributed by atoms with Gasteiger partial charge in [0, 0.05) is 16.6 Å². The van der Waals surface area contributed by atoms with E-state index in [1.165, 1.54) is 18.4 Å². The number of benzene rings is 2. The van der Waals surface area contributed by atoms with Crippen LogP contribution in [0.25, 0.3) is 0 Å². The summed E-state index contributed by atoms with van der Waals surface area (Å²) in [6.45, 7) is 0.257. The van der Waals surface area contributed by atoms with Crippen LogP contribution in [0.15, 0.2) is 80.7 Å². The molecule has 0 bridgehead atoms. The molecule has 0 saturated heterocycles. The monoisotopic (exact) mass is 492 g/mol. The van der Waals surface area contributed by atoms with Crippen LogP contribution in [0.5, 0.6) is 5.75 Å². The molecule has 0 fully saturated rings. The topological polar surface area (TPSA) is 97.6 Å². The molecule has 0 aliphatic heterocycles. The van der Waals surface area contributed by atoms with Crippen molar-refractivity contribution in [2.24, 2.45) is 0 Å². The van der Waals surface area contributed by atoms with Crippen LogP contribution in [0.4, 0.5) is 0 Å². The van der Waals surface area contributed by atoms with Gasteiger partial charge in [0.25, 0.3) is 0 Å². The molecule has 2 aromatic carbocycles. The summed E-state index contributed by atoms with van der Waals surface area (Å²) in [5.74, 6) is 0.681. The van der Waals surface area contributed by atoms with E-state index in [9.17, 15) is 13.2 Å². The van der Waals surface area contributed by atoms with Gasteiger partial charge in [-0.2, -0.15) is 4.72 Å². The summed E-state index contributed by atoms with van der Waals surface area (Å²) in [6, 6.07) is 16.0. The van der Waals surface area contributed by atoms with Gasteiger partial charge in [-0.25, -0.2) is 8.42 Å². The molecule has 1 amide bonds. The average Bonchev–Trinajstić information content (AvgIpc) is 3.27. The van der Waals surface area contributed by atoms with Crippen LogP contribution in [0.2, 0.25) is 0 Å². The number of methoxy groups -OCH3 is 1. The van der Waals surface area contributed by atoms with Crippen LogP contribution in [0.3, 0.4) is 0 Å². The zero-order valence-corrected chi connectivity index (χ0v) is 18.6. The number of sulfonamides is 1. The second-order valence-electron chi connectivity index (χ2n) is 6.44. The van der Waals surface area contributed by atoms with Gasteiger partial charge in [-0.05, 0) is 42.5 Å². The lowest BCUT2D eigenvalue weighted by atomic mass is 10.1. The predicted octanol–water partition coefficient (Wildman–Crippen LogP) is 3.78. The zero-order valence-electron chi connectivity index (χ0n) is 16.2. The maximum absolute atomic E-state index is 12.8. The molecule has 1 atom stereocenters. The van der Waals surface area contributed by atoms with Crippen molar-refractivity contribution in [3.8, 4) is 5.75 Å². The first kappa shape index (κ1) is 22.1. The van der Waals surface area contributed by atoms with Gasteiger partial charge in [-0.3, -0.25) is 4.79 Å². The third kappa shape index (κ3) is 5.71. The molecule has 3 rings (SSSR count). The highest BCUT2D eigenvalue weighted by Crippen LogP contribution is 2.22.